The number of rotatable bonds is 5. The Bertz CT molecular complexity index is 963. The fourth-order valence-electron chi connectivity index (χ4n) is 2.47. The summed E-state index contributed by atoms with van der Waals surface area (Å²) in [5.41, 5.74) is 4.11. The zero-order valence-electron chi connectivity index (χ0n) is 14.2. The summed E-state index contributed by atoms with van der Waals surface area (Å²) < 4.78 is 23.1. The number of benzene rings is 2. The molecule has 0 aliphatic heterocycles. The highest BCUT2D eigenvalue weighted by Gasteiger charge is 2.07. The Morgan fingerprint density at radius 3 is 2.24 bits per heavy atom. The first kappa shape index (κ1) is 17.2. The van der Waals surface area contributed by atoms with Crippen molar-refractivity contribution in [2.24, 2.45) is 0 Å². The van der Waals surface area contributed by atoms with E-state index in [-0.39, 0.29) is 0 Å². The van der Waals surface area contributed by atoms with Crippen LogP contribution in [0.5, 0.6) is 0 Å². The highest BCUT2D eigenvalue weighted by molar-refractivity contribution is 7.90. The maximum atomic E-state index is 11.6. The number of sulfone groups is 1. The third kappa shape index (κ3) is 4.45. The lowest BCUT2D eigenvalue weighted by Gasteiger charge is -2.08. The lowest BCUT2D eigenvalue weighted by atomic mass is 10.1. The molecule has 0 atom stereocenters. The van der Waals surface area contributed by atoms with Crippen LogP contribution < -0.4 is 5.32 Å². The predicted octanol–water partition coefficient (Wildman–Crippen LogP) is 4.07. The normalized spacial score (nSPS) is 11.3. The van der Waals surface area contributed by atoms with Crippen LogP contribution in [0, 0.1) is 6.92 Å². The summed E-state index contributed by atoms with van der Waals surface area (Å²) in [5.74, 6) is 0.783. The maximum Gasteiger partial charge on any atom is 0.175 e. The lowest BCUT2D eigenvalue weighted by molar-refractivity contribution is 0.602. The van der Waals surface area contributed by atoms with Gasteiger partial charge in [-0.3, -0.25) is 0 Å². The first-order chi connectivity index (χ1) is 11.9. The van der Waals surface area contributed by atoms with Crippen LogP contribution in [-0.2, 0) is 16.4 Å². The van der Waals surface area contributed by atoms with Gasteiger partial charge in [-0.25, -0.2) is 13.4 Å². The maximum absolute atomic E-state index is 11.6. The Hall–Kier alpha value is -2.66. The van der Waals surface area contributed by atoms with E-state index in [0.717, 1.165) is 17.1 Å². The van der Waals surface area contributed by atoms with Gasteiger partial charge in [0.15, 0.2) is 9.84 Å². The smallest absolute Gasteiger partial charge is 0.175 e. The van der Waals surface area contributed by atoms with Crippen molar-refractivity contribution in [3.05, 3.63) is 77.9 Å². The number of pyridine rings is 1. The molecule has 0 amide bonds. The molecule has 0 bridgehead atoms. The third-order valence-corrected chi connectivity index (χ3v) is 5.05. The third-order valence-electron chi connectivity index (χ3n) is 3.92. The minimum Gasteiger partial charge on any atom is -0.366 e. The Morgan fingerprint density at radius 1 is 0.920 bits per heavy atom. The molecule has 0 aliphatic carbocycles. The summed E-state index contributed by atoms with van der Waals surface area (Å²) in [6.07, 6.45) is 1.20. The standard InChI is InChI=1S/C20H20N2O2S/c1-15-6-8-16(9-7-15)14-21-20-5-3-4-19(22-20)17-10-12-18(13-11-17)25(2,23)24/h3-13H,14H2,1-2H3,(H,21,22). The molecular formula is C20H20N2O2S. The van der Waals surface area contributed by atoms with Crippen molar-refractivity contribution >= 4 is 15.7 Å². The number of anilines is 1. The highest BCUT2D eigenvalue weighted by atomic mass is 32.2. The van der Waals surface area contributed by atoms with E-state index in [4.69, 9.17) is 0 Å². The van der Waals surface area contributed by atoms with Crippen LogP contribution in [0.2, 0.25) is 0 Å². The van der Waals surface area contributed by atoms with Crippen LogP contribution in [0.3, 0.4) is 0 Å². The first-order valence-electron chi connectivity index (χ1n) is 7.99. The molecule has 3 aromatic rings. The number of nitrogens with one attached hydrogen (secondary N) is 1. The molecule has 0 fully saturated rings. The summed E-state index contributed by atoms with van der Waals surface area (Å²) >= 11 is 0. The molecule has 3 rings (SSSR count). The van der Waals surface area contributed by atoms with E-state index >= 15 is 0 Å². The van der Waals surface area contributed by atoms with E-state index in [1.54, 1.807) is 24.3 Å². The Kier molecular flexibility index (Phi) is 4.86. The molecule has 0 unspecified atom stereocenters. The Morgan fingerprint density at radius 2 is 1.60 bits per heavy atom. The molecule has 128 valence electrons. The van der Waals surface area contributed by atoms with Crippen molar-refractivity contribution in [1.82, 2.24) is 4.98 Å². The van der Waals surface area contributed by atoms with Crippen LogP contribution >= 0.6 is 0 Å². The molecule has 0 aliphatic rings. The fraction of sp³-hybridized carbons (Fsp3) is 0.150. The topological polar surface area (TPSA) is 59.1 Å². The van der Waals surface area contributed by atoms with Gasteiger partial charge < -0.3 is 5.32 Å². The molecule has 1 N–H and O–H groups in total. The number of hydrogen-bond acceptors (Lipinski definition) is 4. The van der Waals surface area contributed by atoms with Crippen LogP contribution in [-0.4, -0.2) is 19.7 Å². The van der Waals surface area contributed by atoms with Crippen LogP contribution in [0.25, 0.3) is 11.3 Å². The van der Waals surface area contributed by atoms with Gasteiger partial charge in [0.1, 0.15) is 5.82 Å². The molecule has 2 aromatic carbocycles. The van der Waals surface area contributed by atoms with Gasteiger partial charge in [0.25, 0.3) is 0 Å². The average molecular weight is 352 g/mol. The Balaban J connectivity index is 1.76. The van der Waals surface area contributed by atoms with Crippen molar-refractivity contribution < 1.29 is 8.42 Å². The zero-order valence-corrected chi connectivity index (χ0v) is 15.0. The van der Waals surface area contributed by atoms with E-state index < -0.39 is 9.84 Å². The quantitative estimate of drug-likeness (QED) is 0.752. The summed E-state index contributed by atoms with van der Waals surface area (Å²) in [6.45, 7) is 2.76. The second-order valence-corrected chi connectivity index (χ2v) is 8.06. The predicted molar refractivity (Wildman–Crippen MR) is 101 cm³/mol. The van der Waals surface area contributed by atoms with Gasteiger partial charge in [-0.05, 0) is 36.8 Å². The van der Waals surface area contributed by atoms with Crippen molar-refractivity contribution in [2.75, 3.05) is 11.6 Å². The van der Waals surface area contributed by atoms with Crippen molar-refractivity contribution in [2.45, 2.75) is 18.4 Å². The summed E-state index contributed by atoms with van der Waals surface area (Å²) in [6, 6.07) is 20.9. The lowest BCUT2D eigenvalue weighted by Crippen LogP contribution is -2.02. The molecule has 5 heteroatoms. The minimum absolute atomic E-state index is 0.310. The van der Waals surface area contributed by atoms with Gasteiger partial charge in [0, 0.05) is 18.4 Å². The van der Waals surface area contributed by atoms with Crippen molar-refractivity contribution in [3.8, 4) is 11.3 Å². The van der Waals surface area contributed by atoms with E-state index in [9.17, 15) is 8.42 Å². The van der Waals surface area contributed by atoms with Crippen molar-refractivity contribution in [1.29, 1.82) is 0 Å². The second kappa shape index (κ2) is 7.07. The van der Waals surface area contributed by atoms with Gasteiger partial charge >= 0.3 is 0 Å². The molecule has 4 nitrogen and oxygen atoms in total. The van der Waals surface area contributed by atoms with Gasteiger partial charge in [-0.1, -0.05) is 48.0 Å². The van der Waals surface area contributed by atoms with Gasteiger partial charge in [0.05, 0.1) is 10.6 Å². The van der Waals surface area contributed by atoms with E-state index in [1.165, 1.54) is 17.4 Å². The monoisotopic (exact) mass is 352 g/mol. The van der Waals surface area contributed by atoms with E-state index in [0.29, 0.717) is 11.4 Å². The molecule has 1 aromatic heterocycles. The number of aryl methyl sites for hydroxylation is 1. The summed E-state index contributed by atoms with van der Waals surface area (Å²) in [5, 5.41) is 3.32. The van der Waals surface area contributed by atoms with Crippen molar-refractivity contribution in [3.63, 3.8) is 0 Å². The molecule has 1 heterocycles. The molecular weight excluding hydrogens is 332 g/mol. The largest absolute Gasteiger partial charge is 0.366 e. The summed E-state index contributed by atoms with van der Waals surface area (Å²) in [7, 11) is -3.19. The first-order valence-corrected chi connectivity index (χ1v) is 9.88. The van der Waals surface area contributed by atoms with Gasteiger partial charge in [-0.15, -0.1) is 0 Å². The van der Waals surface area contributed by atoms with Crippen LogP contribution in [0.1, 0.15) is 11.1 Å². The van der Waals surface area contributed by atoms with Gasteiger partial charge in [-0.2, -0.15) is 0 Å². The second-order valence-electron chi connectivity index (χ2n) is 6.04. The Labute approximate surface area is 148 Å². The number of nitrogens with zero attached hydrogens (tertiary/aromatic N) is 1. The highest BCUT2D eigenvalue weighted by Crippen LogP contribution is 2.21. The molecule has 0 spiro atoms. The summed E-state index contributed by atoms with van der Waals surface area (Å²) in [4.78, 5) is 4.92. The van der Waals surface area contributed by atoms with Crippen LogP contribution in [0.4, 0.5) is 5.82 Å². The zero-order chi connectivity index (χ0) is 17.9. The molecule has 0 radical (unpaired) electrons. The van der Waals surface area contributed by atoms with Crippen LogP contribution in [0.15, 0.2) is 71.6 Å². The van der Waals surface area contributed by atoms with E-state index in [1.807, 2.05) is 18.2 Å². The average Bonchev–Trinajstić information content (AvgIpc) is 2.61. The number of aromatic nitrogens is 1. The molecule has 0 saturated carbocycles. The minimum atomic E-state index is -3.19. The molecule has 0 saturated heterocycles. The van der Waals surface area contributed by atoms with E-state index in [2.05, 4.69) is 41.5 Å². The number of hydrogen-bond donors (Lipinski definition) is 1. The van der Waals surface area contributed by atoms with Gasteiger partial charge in [0.2, 0.25) is 0 Å². The molecule has 25 heavy (non-hydrogen) atoms. The fourth-order valence-corrected chi connectivity index (χ4v) is 3.10. The SMILES string of the molecule is Cc1ccc(CNc2cccc(-c3ccc(S(C)(=O)=O)cc3)n2)cc1.